The molecule has 2 aromatic rings. The predicted octanol–water partition coefficient (Wildman–Crippen LogP) is 1.18. The highest BCUT2D eigenvalue weighted by Crippen LogP contribution is 2.24. The number of pyridine rings is 1. The zero-order valence-corrected chi connectivity index (χ0v) is 10.1. The summed E-state index contributed by atoms with van der Waals surface area (Å²) in [5, 5.41) is 8.93. The zero-order chi connectivity index (χ0) is 12.0. The molecule has 0 aromatic carbocycles. The molecule has 0 unspecified atom stereocenters. The summed E-state index contributed by atoms with van der Waals surface area (Å²) in [4.78, 5) is 4.44. The van der Waals surface area contributed by atoms with E-state index >= 15 is 0 Å². The van der Waals surface area contributed by atoms with Gasteiger partial charge in [0.05, 0.1) is 17.6 Å². The van der Waals surface area contributed by atoms with Gasteiger partial charge < -0.3 is 11.1 Å². The van der Waals surface area contributed by atoms with Crippen molar-refractivity contribution in [3.05, 3.63) is 18.0 Å². The number of anilines is 1. The molecule has 17 heavy (non-hydrogen) atoms. The summed E-state index contributed by atoms with van der Waals surface area (Å²) in [7, 11) is 1.92. The Labute approximate surface area is 100 Å². The second-order valence-corrected chi connectivity index (χ2v) is 4.88. The van der Waals surface area contributed by atoms with Crippen LogP contribution >= 0.6 is 0 Å². The molecule has 0 bridgehead atoms. The van der Waals surface area contributed by atoms with Crippen molar-refractivity contribution in [1.29, 1.82) is 0 Å². The SMILES string of the molecule is Cc1nn(C)c2ncc(NC3CC(N)C3)cc12. The highest BCUT2D eigenvalue weighted by molar-refractivity contribution is 5.81. The number of nitrogens with one attached hydrogen (secondary N) is 1. The van der Waals surface area contributed by atoms with Gasteiger partial charge in [-0.05, 0) is 25.8 Å². The summed E-state index contributed by atoms with van der Waals surface area (Å²) in [5.74, 6) is 0. The van der Waals surface area contributed by atoms with Gasteiger partial charge in [-0.25, -0.2) is 4.98 Å². The first-order valence-electron chi connectivity index (χ1n) is 5.95. The summed E-state index contributed by atoms with van der Waals surface area (Å²) in [6, 6.07) is 2.99. The third-order valence-electron chi connectivity index (χ3n) is 3.41. The Bertz CT molecular complexity index is 553. The number of fused-ring (bicyclic) bond motifs is 1. The lowest BCUT2D eigenvalue weighted by atomic mass is 9.87. The topological polar surface area (TPSA) is 68.8 Å². The van der Waals surface area contributed by atoms with E-state index < -0.39 is 0 Å². The van der Waals surface area contributed by atoms with Crippen LogP contribution in [0.3, 0.4) is 0 Å². The molecule has 2 aromatic heterocycles. The molecular formula is C12H17N5. The van der Waals surface area contributed by atoms with E-state index in [0.29, 0.717) is 12.1 Å². The Morgan fingerprint density at radius 1 is 1.47 bits per heavy atom. The van der Waals surface area contributed by atoms with E-state index in [9.17, 15) is 0 Å². The second-order valence-electron chi connectivity index (χ2n) is 4.88. The van der Waals surface area contributed by atoms with Crippen molar-refractivity contribution in [1.82, 2.24) is 14.8 Å². The number of nitrogens with two attached hydrogens (primary N) is 1. The number of rotatable bonds is 2. The number of nitrogens with zero attached hydrogens (tertiary/aromatic N) is 3. The smallest absolute Gasteiger partial charge is 0.157 e. The fourth-order valence-electron chi connectivity index (χ4n) is 2.40. The lowest BCUT2D eigenvalue weighted by molar-refractivity contribution is 0.373. The van der Waals surface area contributed by atoms with Crippen molar-refractivity contribution in [2.75, 3.05) is 5.32 Å². The summed E-state index contributed by atoms with van der Waals surface area (Å²) in [6.45, 7) is 2.01. The fraction of sp³-hybridized carbons (Fsp3) is 0.500. The van der Waals surface area contributed by atoms with E-state index in [-0.39, 0.29) is 0 Å². The van der Waals surface area contributed by atoms with Crippen molar-refractivity contribution in [2.24, 2.45) is 12.8 Å². The van der Waals surface area contributed by atoms with E-state index in [4.69, 9.17) is 5.73 Å². The fourth-order valence-corrected chi connectivity index (χ4v) is 2.40. The van der Waals surface area contributed by atoms with E-state index in [1.165, 1.54) is 0 Å². The van der Waals surface area contributed by atoms with Crippen LogP contribution in [-0.4, -0.2) is 26.8 Å². The lowest BCUT2D eigenvalue weighted by Gasteiger charge is -2.33. The maximum absolute atomic E-state index is 5.77. The van der Waals surface area contributed by atoms with Crippen molar-refractivity contribution in [3.63, 3.8) is 0 Å². The Morgan fingerprint density at radius 3 is 2.94 bits per heavy atom. The maximum Gasteiger partial charge on any atom is 0.157 e. The molecule has 2 heterocycles. The summed E-state index contributed by atoms with van der Waals surface area (Å²) in [6.07, 6.45) is 3.96. The number of aromatic nitrogens is 3. The van der Waals surface area contributed by atoms with Gasteiger partial charge in [0, 0.05) is 24.5 Å². The van der Waals surface area contributed by atoms with Crippen LogP contribution < -0.4 is 11.1 Å². The van der Waals surface area contributed by atoms with Gasteiger partial charge in [-0.1, -0.05) is 0 Å². The van der Waals surface area contributed by atoms with E-state index in [1.54, 1.807) is 0 Å². The quantitative estimate of drug-likeness (QED) is 0.814. The lowest BCUT2D eigenvalue weighted by Crippen LogP contribution is -2.44. The molecule has 1 fully saturated rings. The van der Waals surface area contributed by atoms with Crippen molar-refractivity contribution in [3.8, 4) is 0 Å². The zero-order valence-electron chi connectivity index (χ0n) is 10.1. The number of aryl methyl sites for hydroxylation is 2. The number of hydrogen-bond donors (Lipinski definition) is 2. The first kappa shape index (κ1) is 10.5. The van der Waals surface area contributed by atoms with Crippen LogP contribution in [0.5, 0.6) is 0 Å². The van der Waals surface area contributed by atoms with Gasteiger partial charge in [0.1, 0.15) is 0 Å². The van der Waals surface area contributed by atoms with Crippen LogP contribution in [0.1, 0.15) is 18.5 Å². The Morgan fingerprint density at radius 2 is 2.24 bits per heavy atom. The second kappa shape index (κ2) is 3.70. The molecule has 90 valence electrons. The molecule has 3 rings (SSSR count). The molecule has 1 aliphatic rings. The predicted molar refractivity (Wildman–Crippen MR) is 67.9 cm³/mol. The van der Waals surface area contributed by atoms with Crippen LogP contribution in [0.25, 0.3) is 11.0 Å². The first-order valence-corrected chi connectivity index (χ1v) is 5.95. The molecule has 1 aliphatic carbocycles. The maximum atomic E-state index is 5.77. The summed E-state index contributed by atoms with van der Waals surface area (Å²) < 4.78 is 1.81. The Kier molecular flexibility index (Phi) is 2.29. The Balaban J connectivity index is 1.88. The van der Waals surface area contributed by atoms with Crippen molar-refractivity contribution in [2.45, 2.75) is 31.8 Å². The van der Waals surface area contributed by atoms with Crippen LogP contribution in [0.15, 0.2) is 12.3 Å². The van der Waals surface area contributed by atoms with Crippen molar-refractivity contribution < 1.29 is 0 Å². The van der Waals surface area contributed by atoms with Gasteiger partial charge in [-0.2, -0.15) is 5.10 Å². The molecule has 5 heteroatoms. The average molecular weight is 231 g/mol. The normalized spacial score (nSPS) is 23.7. The minimum absolute atomic E-state index is 0.365. The standard InChI is InChI=1S/C12H17N5/c1-7-11-5-10(15-9-3-8(13)4-9)6-14-12(11)17(2)16-7/h5-6,8-9,15H,3-4,13H2,1-2H3. The van der Waals surface area contributed by atoms with Gasteiger partial charge >= 0.3 is 0 Å². The van der Waals surface area contributed by atoms with Crippen molar-refractivity contribution >= 4 is 16.7 Å². The Hall–Kier alpha value is -1.62. The molecule has 5 nitrogen and oxygen atoms in total. The summed E-state index contributed by atoms with van der Waals surface area (Å²) in [5.41, 5.74) is 8.78. The summed E-state index contributed by atoms with van der Waals surface area (Å²) >= 11 is 0. The van der Waals surface area contributed by atoms with Crippen LogP contribution in [0.2, 0.25) is 0 Å². The minimum atomic E-state index is 0.365. The largest absolute Gasteiger partial charge is 0.381 e. The highest BCUT2D eigenvalue weighted by atomic mass is 15.3. The van der Waals surface area contributed by atoms with E-state index in [2.05, 4.69) is 21.5 Å². The molecule has 0 saturated heterocycles. The molecule has 3 N–H and O–H groups in total. The van der Waals surface area contributed by atoms with Crippen LogP contribution in [-0.2, 0) is 7.05 Å². The van der Waals surface area contributed by atoms with Crippen LogP contribution in [0, 0.1) is 6.92 Å². The van der Waals surface area contributed by atoms with E-state index in [0.717, 1.165) is 35.3 Å². The molecule has 0 amide bonds. The van der Waals surface area contributed by atoms with Crippen LogP contribution in [0.4, 0.5) is 5.69 Å². The molecule has 0 spiro atoms. The molecule has 0 aliphatic heterocycles. The van der Waals surface area contributed by atoms with E-state index in [1.807, 2.05) is 24.9 Å². The minimum Gasteiger partial charge on any atom is -0.381 e. The van der Waals surface area contributed by atoms with Gasteiger partial charge in [-0.15, -0.1) is 0 Å². The molecular weight excluding hydrogens is 214 g/mol. The molecule has 0 radical (unpaired) electrons. The highest BCUT2D eigenvalue weighted by Gasteiger charge is 2.25. The van der Waals surface area contributed by atoms with Gasteiger partial charge in [0.2, 0.25) is 0 Å². The van der Waals surface area contributed by atoms with Gasteiger partial charge in [0.15, 0.2) is 5.65 Å². The van der Waals surface area contributed by atoms with Gasteiger partial charge in [0.25, 0.3) is 0 Å². The van der Waals surface area contributed by atoms with Gasteiger partial charge in [-0.3, -0.25) is 4.68 Å². The first-order chi connectivity index (χ1) is 8.13. The average Bonchev–Trinajstić information content (AvgIpc) is 2.53. The number of hydrogen-bond acceptors (Lipinski definition) is 4. The third kappa shape index (κ3) is 1.76. The monoisotopic (exact) mass is 231 g/mol. The molecule has 0 atom stereocenters. The molecule has 1 saturated carbocycles. The third-order valence-corrected chi connectivity index (χ3v) is 3.41.